The summed E-state index contributed by atoms with van der Waals surface area (Å²) in [5.74, 6) is -0.348. The molecule has 0 fully saturated rings. The smallest absolute Gasteiger partial charge is 0.337 e. The largest absolute Gasteiger partial charge is 0.478 e. The summed E-state index contributed by atoms with van der Waals surface area (Å²) >= 11 is 0. The summed E-state index contributed by atoms with van der Waals surface area (Å²) in [6, 6.07) is 7.04. The van der Waals surface area contributed by atoms with E-state index in [2.05, 4.69) is 15.3 Å². The lowest BCUT2D eigenvalue weighted by molar-refractivity contribution is 0.0696. The fourth-order valence-electron chi connectivity index (χ4n) is 1.50. The lowest BCUT2D eigenvalue weighted by Crippen LogP contribution is -2.05. The van der Waals surface area contributed by atoms with Crippen molar-refractivity contribution in [2.75, 3.05) is 5.32 Å². The zero-order valence-electron chi connectivity index (χ0n) is 9.92. The molecule has 5 nitrogen and oxygen atoms in total. The minimum Gasteiger partial charge on any atom is -0.478 e. The number of rotatable bonds is 4. The summed E-state index contributed by atoms with van der Waals surface area (Å²) in [6.45, 7) is 2.55. The fourth-order valence-corrected chi connectivity index (χ4v) is 1.50. The molecule has 0 aliphatic rings. The van der Waals surface area contributed by atoms with Crippen molar-refractivity contribution < 1.29 is 9.90 Å². The second-order valence-corrected chi connectivity index (χ2v) is 3.86. The number of anilines is 1. The third kappa shape index (κ3) is 2.82. The number of nitrogens with one attached hydrogen (secondary N) is 1. The molecule has 92 valence electrons. The summed E-state index contributed by atoms with van der Waals surface area (Å²) in [6.07, 6.45) is 3.07. The molecule has 0 unspecified atom stereocenters. The van der Waals surface area contributed by atoms with E-state index in [1.165, 1.54) is 12.3 Å². The van der Waals surface area contributed by atoms with Crippen LogP contribution in [0, 0.1) is 6.92 Å². The number of hydrogen-bond acceptors (Lipinski definition) is 4. The van der Waals surface area contributed by atoms with Gasteiger partial charge >= 0.3 is 5.97 Å². The first-order valence-corrected chi connectivity index (χ1v) is 5.50. The Morgan fingerprint density at radius 1 is 1.33 bits per heavy atom. The summed E-state index contributed by atoms with van der Waals surface area (Å²) in [5, 5.41) is 11.9. The van der Waals surface area contributed by atoms with Gasteiger partial charge in [0.2, 0.25) is 0 Å². The molecule has 0 bridgehead atoms. The number of carbonyl (C=O) groups is 1. The number of pyridine rings is 2. The maximum atomic E-state index is 10.7. The van der Waals surface area contributed by atoms with Gasteiger partial charge in [0.05, 0.1) is 17.8 Å². The third-order valence-corrected chi connectivity index (χ3v) is 2.57. The Bertz CT molecular complexity index is 552. The Labute approximate surface area is 105 Å². The molecule has 2 aromatic rings. The van der Waals surface area contributed by atoms with Crippen molar-refractivity contribution in [3.8, 4) is 0 Å². The maximum Gasteiger partial charge on any atom is 0.337 e. The third-order valence-electron chi connectivity index (χ3n) is 2.57. The van der Waals surface area contributed by atoms with E-state index in [-0.39, 0.29) is 5.56 Å². The van der Waals surface area contributed by atoms with Crippen LogP contribution in [0.4, 0.5) is 5.82 Å². The summed E-state index contributed by atoms with van der Waals surface area (Å²) < 4.78 is 0. The van der Waals surface area contributed by atoms with Crippen LogP contribution in [0.3, 0.4) is 0 Å². The van der Waals surface area contributed by atoms with E-state index in [9.17, 15) is 4.79 Å². The predicted octanol–water partition coefficient (Wildman–Crippen LogP) is 2.10. The van der Waals surface area contributed by atoms with Crippen molar-refractivity contribution in [1.82, 2.24) is 9.97 Å². The lowest BCUT2D eigenvalue weighted by Gasteiger charge is -2.07. The Hall–Kier alpha value is -2.43. The second-order valence-electron chi connectivity index (χ2n) is 3.86. The molecule has 0 spiro atoms. The van der Waals surface area contributed by atoms with Gasteiger partial charge in [0.25, 0.3) is 0 Å². The monoisotopic (exact) mass is 243 g/mol. The number of hydrogen-bond donors (Lipinski definition) is 2. The van der Waals surface area contributed by atoms with Crippen LogP contribution in [0.2, 0.25) is 0 Å². The highest BCUT2D eigenvalue weighted by Gasteiger charge is 2.03. The van der Waals surface area contributed by atoms with Crippen molar-refractivity contribution in [2.45, 2.75) is 13.5 Å². The molecule has 2 heterocycles. The predicted molar refractivity (Wildman–Crippen MR) is 67.5 cm³/mol. The Balaban J connectivity index is 2.02. The molecular formula is C13H13N3O2. The van der Waals surface area contributed by atoms with Gasteiger partial charge in [-0.3, -0.25) is 4.98 Å². The number of carboxylic acids is 1. The second kappa shape index (κ2) is 5.27. The molecule has 5 heteroatoms. The number of aromatic nitrogens is 2. The fraction of sp³-hybridized carbons (Fsp3) is 0.154. The van der Waals surface area contributed by atoms with Gasteiger partial charge in [0.15, 0.2) is 0 Å². The minimum absolute atomic E-state index is 0.176. The van der Waals surface area contributed by atoms with Crippen molar-refractivity contribution in [1.29, 1.82) is 0 Å². The highest BCUT2D eigenvalue weighted by molar-refractivity contribution is 5.87. The van der Waals surface area contributed by atoms with E-state index in [0.717, 1.165) is 11.3 Å². The van der Waals surface area contributed by atoms with Crippen molar-refractivity contribution in [2.24, 2.45) is 0 Å². The molecule has 0 aliphatic carbocycles. The number of aromatic carboxylic acids is 1. The van der Waals surface area contributed by atoms with Gasteiger partial charge in [0, 0.05) is 12.4 Å². The number of aryl methyl sites for hydroxylation is 1. The molecule has 0 saturated carbocycles. The van der Waals surface area contributed by atoms with Crippen molar-refractivity contribution in [3.63, 3.8) is 0 Å². The van der Waals surface area contributed by atoms with Gasteiger partial charge in [-0.05, 0) is 30.7 Å². The van der Waals surface area contributed by atoms with Crippen LogP contribution in [0.25, 0.3) is 0 Å². The van der Waals surface area contributed by atoms with Crippen LogP contribution in [0.1, 0.15) is 21.6 Å². The average Bonchev–Trinajstić information content (AvgIpc) is 2.38. The van der Waals surface area contributed by atoms with E-state index in [0.29, 0.717) is 12.4 Å². The summed E-state index contributed by atoms with van der Waals surface area (Å²) in [7, 11) is 0. The zero-order chi connectivity index (χ0) is 13.0. The number of nitrogens with zero attached hydrogens (tertiary/aromatic N) is 2. The lowest BCUT2D eigenvalue weighted by atomic mass is 10.2. The van der Waals surface area contributed by atoms with Crippen LogP contribution < -0.4 is 5.32 Å². The SMILES string of the molecule is Cc1cccnc1CNc1ccc(C(=O)O)cn1. The Kier molecular flexibility index (Phi) is 3.52. The minimum atomic E-state index is -0.977. The van der Waals surface area contributed by atoms with Gasteiger partial charge in [0.1, 0.15) is 5.82 Å². The molecule has 18 heavy (non-hydrogen) atoms. The Morgan fingerprint density at radius 3 is 2.78 bits per heavy atom. The average molecular weight is 243 g/mol. The van der Waals surface area contributed by atoms with E-state index >= 15 is 0 Å². The standard InChI is InChI=1S/C13H13N3O2/c1-9-3-2-6-14-11(9)8-16-12-5-4-10(7-15-12)13(17)18/h2-7H,8H2,1H3,(H,15,16)(H,17,18). The first-order valence-electron chi connectivity index (χ1n) is 5.50. The Morgan fingerprint density at radius 2 is 2.17 bits per heavy atom. The van der Waals surface area contributed by atoms with Crippen LogP contribution in [-0.2, 0) is 6.54 Å². The van der Waals surface area contributed by atoms with Gasteiger partial charge in [-0.15, -0.1) is 0 Å². The topological polar surface area (TPSA) is 75.1 Å². The molecule has 0 aromatic carbocycles. The van der Waals surface area contributed by atoms with E-state index in [1.54, 1.807) is 12.3 Å². The molecule has 2 rings (SSSR count). The first-order chi connectivity index (χ1) is 8.66. The summed E-state index contributed by atoms with van der Waals surface area (Å²) in [4.78, 5) is 18.9. The van der Waals surface area contributed by atoms with E-state index < -0.39 is 5.97 Å². The van der Waals surface area contributed by atoms with Crippen molar-refractivity contribution in [3.05, 3.63) is 53.5 Å². The molecule has 0 saturated heterocycles. The van der Waals surface area contributed by atoms with Gasteiger partial charge in [-0.1, -0.05) is 6.07 Å². The summed E-state index contributed by atoms with van der Waals surface area (Å²) in [5.41, 5.74) is 2.23. The highest BCUT2D eigenvalue weighted by Crippen LogP contribution is 2.08. The van der Waals surface area contributed by atoms with Crippen LogP contribution in [-0.4, -0.2) is 21.0 Å². The quantitative estimate of drug-likeness (QED) is 0.860. The zero-order valence-corrected chi connectivity index (χ0v) is 9.92. The van der Waals surface area contributed by atoms with Crippen LogP contribution in [0.15, 0.2) is 36.7 Å². The van der Waals surface area contributed by atoms with Crippen LogP contribution in [0.5, 0.6) is 0 Å². The molecule has 0 radical (unpaired) electrons. The number of carboxylic acid groups (broad SMARTS) is 1. The van der Waals surface area contributed by atoms with E-state index in [1.807, 2.05) is 19.1 Å². The highest BCUT2D eigenvalue weighted by atomic mass is 16.4. The maximum absolute atomic E-state index is 10.7. The van der Waals surface area contributed by atoms with Gasteiger partial charge in [-0.25, -0.2) is 9.78 Å². The van der Waals surface area contributed by atoms with Crippen LogP contribution >= 0.6 is 0 Å². The molecule has 0 atom stereocenters. The normalized spacial score (nSPS) is 10.1. The molecule has 2 N–H and O–H groups in total. The first kappa shape index (κ1) is 12.0. The van der Waals surface area contributed by atoms with Gasteiger partial charge in [-0.2, -0.15) is 0 Å². The molecule has 0 aliphatic heterocycles. The molecular weight excluding hydrogens is 230 g/mol. The molecule has 2 aromatic heterocycles. The van der Waals surface area contributed by atoms with Crippen molar-refractivity contribution >= 4 is 11.8 Å². The van der Waals surface area contributed by atoms with Gasteiger partial charge < -0.3 is 10.4 Å². The van der Waals surface area contributed by atoms with E-state index in [4.69, 9.17) is 5.11 Å². The molecule has 0 amide bonds.